The van der Waals surface area contributed by atoms with Gasteiger partial charge in [-0.3, -0.25) is 9.20 Å². The number of pyridine rings is 1. The van der Waals surface area contributed by atoms with Crippen LogP contribution in [0.1, 0.15) is 28.0 Å². The maximum atomic E-state index is 13.0. The number of anilines is 3. The molecule has 33 heavy (non-hydrogen) atoms. The van der Waals surface area contributed by atoms with Crippen molar-refractivity contribution in [2.45, 2.75) is 12.6 Å². The first-order valence-electron chi connectivity index (χ1n) is 9.43. The lowest BCUT2D eigenvalue weighted by Gasteiger charge is -2.11. The van der Waals surface area contributed by atoms with Crippen molar-refractivity contribution in [1.82, 2.24) is 9.38 Å². The molecule has 0 fully saturated rings. The molecule has 0 aliphatic heterocycles. The molecule has 11 heteroatoms. The average Bonchev–Trinajstić information content (AvgIpc) is 3.21. The van der Waals surface area contributed by atoms with Gasteiger partial charge in [0.05, 0.1) is 10.6 Å². The van der Waals surface area contributed by atoms with Gasteiger partial charge in [0.15, 0.2) is 5.69 Å². The second-order valence-corrected chi connectivity index (χ2v) is 7.37. The van der Waals surface area contributed by atoms with Gasteiger partial charge in [-0.25, -0.2) is 13.8 Å². The number of carbonyl (C=O) groups is 1. The first kappa shape index (κ1) is 22.5. The first-order valence-corrected chi connectivity index (χ1v) is 9.81. The highest BCUT2D eigenvalue weighted by molar-refractivity contribution is 6.34. The van der Waals surface area contributed by atoms with Gasteiger partial charge in [0, 0.05) is 23.1 Å². The van der Waals surface area contributed by atoms with Crippen LogP contribution in [0.4, 0.5) is 39.1 Å². The highest BCUT2D eigenvalue weighted by atomic mass is 35.5. The fourth-order valence-electron chi connectivity index (χ4n) is 3.08. The summed E-state index contributed by atoms with van der Waals surface area (Å²) < 4.78 is 65.7. The predicted molar refractivity (Wildman–Crippen MR) is 114 cm³/mol. The number of rotatable bonds is 5. The molecule has 4 aromatic rings. The number of aromatic nitrogens is 2. The molecule has 5 nitrogen and oxygen atoms in total. The zero-order chi connectivity index (χ0) is 23.8. The zero-order valence-electron chi connectivity index (χ0n) is 16.5. The minimum absolute atomic E-state index is 0.0375. The van der Waals surface area contributed by atoms with E-state index in [-0.39, 0.29) is 21.8 Å². The van der Waals surface area contributed by atoms with Crippen molar-refractivity contribution in [3.05, 3.63) is 88.7 Å². The number of alkyl halides is 5. The maximum absolute atomic E-state index is 13.0. The molecule has 2 aromatic heterocycles. The summed E-state index contributed by atoms with van der Waals surface area (Å²) in [5.74, 6) is -0.220. The summed E-state index contributed by atoms with van der Waals surface area (Å²) in [5.41, 5.74) is -0.180. The number of nitrogens with one attached hydrogen (secondary N) is 2. The number of nitrogens with zero attached hydrogens (tertiary/aromatic N) is 2. The van der Waals surface area contributed by atoms with Crippen molar-refractivity contribution in [2.24, 2.45) is 0 Å². The molecule has 0 aliphatic carbocycles. The Hall–Kier alpha value is -3.66. The van der Waals surface area contributed by atoms with E-state index >= 15 is 0 Å². The predicted octanol–water partition coefficient (Wildman–Crippen LogP) is 6.94. The maximum Gasteiger partial charge on any atom is 0.434 e. The van der Waals surface area contributed by atoms with Gasteiger partial charge >= 0.3 is 6.18 Å². The topological polar surface area (TPSA) is 58.4 Å². The molecule has 0 saturated carbocycles. The molecule has 1 amide bonds. The smallest absolute Gasteiger partial charge is 0.341 e. The summed E-state index contributed by atoms with van der Waals surface area (Å²) in [6.07, 6.45) is -6.37. The molecular formula is C22H14ClF5N4O. The third-order valence-corrected chi connectivity index (χ3v) is 5.00. The zero-order valence-corrected chi connectivity index (χ0v) is 17.3. The van der Waals surface area contributed by atoms with E-state index < -0.39 is 24.2 Å². The third-order valence-electron chi connectivity index (χ3n) is 4.69. The number of benzene rings is 2. The molecule has 0 radical (unpaired) electrons. The first-order chi connectivity index (χ1) is 15.6. The van der Waals surface area contributed by atoms with E-state index in [0.29, 0.717) is 17.2 Å². The Kier molecular flexibility index (Phi) is 5.94. The van der Waals surface area contributed by atoms with Gasteiger partial charge in [-0.1, -0.05) is 23.7 Å². The number of halogens is 6. The van der Waals surface area contributed by atoms with E-state index in [2.05, 4.69) is 15.6 Å². The molecule has 0 atom stereocenters. The monoisotopic (exact) mass is 480 g/mol. The molecular weight excluding hydrogens is 467 g/mol. The fourth-order valence-corrected chi connectivity index (χ4v) is 3.36. The van der Waals surface area contributed by atoms with Gasteiger partial charge in [-0.05, 0) is 48.5 Å². The van der Waals surface area contributed by atoms with Gasteiger partial charge in [-0.15, -0.1) is 0 Å². The quantitative estimate of drug-likeness (QED) is 0.304. The van der Waals surface area contributed by atoms with E-state index in [1.807, 2.05) is 0 Å². The van der Waals surface area contributed by atoms with Crippen LogP contribution in [0, 0.1) is 0 Å². The average molecular weight is 481 g/mol. The lowest BCUT2D eigenvalue weighted by Crippen LogP contribution is -2.12. The third kappa shape index (κ3) is 4.90. The highest BCUT2D eigenvalue weighted by Gasteiger charge is 2.34. The molecule has 0 aliphatic rings. The van der Waals surface area contributed by atoms with E-state index in [1.54, 1.807) is 36.4 Å². The summed E-state index contributed by atoms with van der Waals surface area (Å²) in [4.78, 5) is 16.0. The van der Waals surface area contributed by atoms with E-state index in [4.69, 9.17) is 11.6 Å². The molecule has 0 spiro atoms. The molecule has 170 valence electrons. The van der Waals surface area contributed by atoms with Crippen molar-refractivity contribution < 1.29 is 26.7 Å². The van der Waals surface area contributed by atoms with Crippen LogP contribution in [0.3, 0.4) is 0 Å². The Balaban J connectivity index is 1.49. The van der Waals surface area contributed by atoms with Crippen LogP contribution in [0.5, 0.6) is 0 Å². The minimum atomic E-state index is -4.56. The Morgan fingerprint density at radius 1 is 1.00 bits per heavy atom. The van der Waals surface area contributed by atoms with Gasteiger partial charge in [0.25, 0.3) is 12.3 Å². The highest BCUT2D eigenvalue weighted by Crippen LogP contribution is 2.30. The number of carbonyl (C=O) groups excluding carboxylic acids is 1. The molecule has 4 rings (SSSR count). The van der Waals surface area contributed by atoms with Crippen molar-refractivity contribution in [2.75, 3.05) is 10.6 Å². The normalized spacial score (nSPS) is 11.7. The Morgan fingerprint density at radius 2 is 1.70 bits per heavy atom. The summed E-state index contributed by atoms with van der Waals surface area (Å²) in [6, 6.07) is 14.4. The minimum Gasteiger partial charge on any atom is -0.341 e. The number of hydrogen-bond acceptors (Lipinski definition) is 3. The van der Waals surface area contributed by atoms with E-state index in [0.717, 1.165) is 18.3 Å². The largest absolute Gasteiger partial charge is 0.434 e. The van der Waals surface area contributed by atoms with Crippen LogP contribution in [0.15, 0.2) is 66.9 Å². The van der Waals surface area contributed by atoms with Crippen LogP contribution in [-0.2, 0) is 6.18 Å². The van der Waals surface area contributed by atoms with Crippen molar-refractivity contribution in [3.63, 3.8) is 0 Å². The number of imidazole rings is 1. The number of amides is 1. The van der Waals surface area contributed by atoms with Crippen molar-refractivity contribution in [3.8, 4) is 0 Å². The molecule has 2 heterocycles. The van der Waals surface area contributed by atoms with Crippen LogP contribution < -0.4 is 10.6 Å². The summed E-state index contributed by atoms with van der Waals surface area (Å²) in [6.45, 7) is 0. The standard InChI is InChI=1S/C22H14ClF5N4O/c23-16-10-12(20(24)25)4-9-15(16)21(33)30-14-7-5-13(6-8-14)29-18-2-1-3-19-31-17(11-32(18)19)22(26,27)28/h1-11,20,29H,(H,30,33). The second kappa shape index (κ2) is 8.70. The fraction of sp³-hybridized carbons (Fsp3) is 0.0909. The number of fused-ring (bicyclic) bond motifs is 1. The Morgan fingerprint density at radius 3 is 2.33 bits per heavy atom. The molecule has 2 aromatic carbocycles. The number of hydrogen-bond donors (Lipinski definition) is 2. The van der Waals surface area contributed by atoms with Crippen LogP contribution in [0.25, 0.3) is 5.65 Å². The summed E-state index contributed by atoms with van der Waals surface area (Å²) in [7, 11) is 0. The molecule has 0 unspecified atom stereocenters. The van der Waals surface area contributed by atoms with Gasteiger partial charge < -0.3 is 10.6 Å². The Labute approximate surface area is 188 Å². The van der Waals surface area contributed by atoms with Crippen LogP contribution in [0.2, 0.25) is 5.02 Å². The van der Waals surface area contributed by atoms with Crippen molar-refractivity contribution >= 4 is 40.3 Å². The van der Waals surface area contributed by atoms with Crippen LogP contribution >= 0.6 is 11.6 Å². The lowest BCUT2D eigenvalue weighted by molar-refractivity contribution is -0.140. The van der Waals surface area contributed by atoms with Crippen LogP contribution in [-0.4, -0.2) is 15.3 Å². The Bertz CT molecular complexity index is 1320. The van der Waals surface area contributed by atoms with Crippen molar-refractivity contribution in [1.29, 1.82) is 0 Å². The van der Waals surface area contributed by atoms with E-state index in [9.17, 15) is 26.7 Å². The van der Waals surface area contributed by atoms with E-state index in [1.165, 1.54) is 16.5 Å². The van der Waals surface area contributed by atoms with Gasteiger partial charge in [0.2, 0.25) is 0 Å². The molecule has 2 N–H and O–H groups in total. The summed E-state index contributed by atoms with van der Waals surface area (Å²) in [5, 5.41) is 5.51. The SMILES string of the molecule is O=C(Nc1ccc(Nc2cccc3nc(C(F)(F)F)cn23)cc1)c1ccc(C(F)F)cc1Cl. The lowest BCUT2D eigenvalue weighted by atomic mass is 10.1. The second-order valence-electron chi connectivity index (χ2n) is 6.96. The molecule has 0 bridgehead atoms. The van der Waals surface area contributed by atoms with Gasteiger partial charge in [-0.2, -0.15) is 13.2 Å². The summed E-state index contributed by atoms with van der Waals surface area (Å²) >= 11 is 5.95. The van der Waals surface area contributed by atoms with Gasteiger partial charge in [0.1, 0.15) is 11.5 Å². The molecule has 0 saturated heterocycles.